The highest BCUT2D eigenvalue weighted by atomic mass is 32.2. The summed E-state index contributed by atoms with van der Waals surface area (Å²) in [6, 6.07) is 8.42. The van der Waals surface area contributed by atoms with Crippen molar-refractivity contribution in [2.75, 3.05) is 13.4 Å². The summed E-state index contributed by atoms with van der Waals surface area (Å²) in [6.07, 6.45) is 2.33. The van der Waals surface area contributed by atoms with Crippen LogP contribution < -0.4 is 4.74 Å². The third-order valence-electron chi connectivity index (χ3n) is 1.92. The van der Waals surface area contributed by atoms with Crippen molar-refractivity contribution in [3.63, 3.8) is 0 Å². The molecule has 0 bridgehead atoms. The minimum Gasteiger partial charge on any atom is -0.497 e. The van der Waals surface area contributed by atoms with E-state index in [0.717, 1.165) is 6.26 Å². The minimum absolute atomic E-state index is 0.252. The molecule has 4 nitrogen and oxygen atoms in total. The molecule has 16 heavy (non-hydrogen) atoms. The van der Waals surface area contributed by atoms with E-state index in [-0.39, 0.29) is 4.91 Å². The van der Waals surface area contributed by atoms with Crippen LogP contribution in [0.4, 0.5) is 0 Å². The fourth-order valence-electron chi connectivity index (χ4n) is 1.07. The van der Waals surface area contributed by atoms with Gasteiger partial charge in [-0.25, -0.2) is 8.42 Å². The van der Waals surface area contributed by atoms with Gasteiger partial charge in [-0.15, -0.1) is 0 Å². The summed E-state index contributed by atoms with van der Waals surface area (Å²) >= 11 is 0. The molecule has 1 aromatic rings. The van der Waals surface area contributed by atoms with Gasteiger partial charge < -0.3 is 4.74 Å². The second-order valence-electron chi connectivity index (χ2n) is 3.17. The van der Waals surface area contributed by atoms with Crippen LogP contribution >= 0.6 is 0 Å². The highest BCUT2D eigenvalue weighted by Crippen LogP contribution is 2.15. The molecule has 5 heteroatoms. The van der Waals surface area contributed by atoms with E-state index < -0.39 is 9.84 Å². The summed E-state index contributed by atoms with van der Waals surface area (Å²) in [4.78, 5) is -0.252. The van der Waals surface area contributed by atoms with Gasteiger partial charge in [0.2, 0.25) is 0 Å². The lowest BCUT2D eigenvalue weighted by atomic mass is 10.2. The molecule has 1 aromatic carbocycles. The maximum absolute atomic E-state index is 11.2. The first-order valence-electron chi connectivity index (χ1n) is 4.43. The molecule has 0 N–H and O–H groups in total. The Bertz CT molecular complexity index is 536. The van der Waals surface area contributed by atoms with Gasteiger partial charge in [0.15, 0.2) is 9.84 Å². The Balaban J connectivity index is 3.12. The SMILES string of the molecule is COc1ccc(C=C(C#N)S(C)(=O)=O)cc1. The third-order valence-corrected chi connectivity index (χ3v) is 2.93. The molecule has 0 aliphatic rings. The number of ether oxygens (including phenoxy) is 1. The van der Waals surface area contributed by atoms with E-state index in [1.807, 2.05) is 0 Å². The van der Waals surface area contributed by atoms with Crippen molar-refractivity contribution in [3.05, 3.63) is 34.7 Å². The fraction of sp³-hybridized carbons (Fsp3) is 0.182. The van der Waals surface area contributed by atoms with Crippen molar-refractivity contribution in [2.45, 2.75) is 0 Å². The number of nitrogens with zero attached hydrogens (tertiary/aromatic N) is 1. The van der Waals surface area contributed by atoms with Crippen molar-refractivity contribution in [1.82, 2.24) is 0 Å². The molecule has 0 fully saturated rings. The van der Waals surface area contributed by atoms with Crippen LogP contribution in [0.2, 0.25) is 0 Å². The quantitative estimate of drug-likeness (QED) is 0.749. The van der Waals surface area contributed by atoms with Crippen LogP contribution in [0.1, 0.15) is 5.56 Å². The molecule has 0 amide bonds. The normalized spacial score (nSPS) is 11.9. The predicted molar refractivity (Wildman–Crippen MR) is 61.4 cm³/mol. The Hall–Kier alpha value is -1.80. The van der Waals surface area contributed by atoms with Crippen LogP contribution in [0, 0.1) is 11.3 Å². The van der Waals surface area contributed by atoms with E-state index in [4.69, 9.17) is 10.00 Å². The minimum atomic E-state index is -3.46. The number of hydrogen-bond acceptors (Lipinski definition) is 4. The Labute approximate surface area is 94.7 Å². The van der Waals surface area contributed by atoms with E-state index in [9.17, 15) is 8.42 Å². The first-order chi connectivity index (χ1) is 7.47. The van der Waals surface area contributed by atoms with Crippen molar-refractivity contribution in [1.29, 1.82) is 5.26 Å². The third kappa shape index (κ3) is 3.11. The van der Waals surface area contributed by atoms with E-state index in [0.29, 0.717) is 11.3 Å². The molecule has 84 valence electrons. The standard InChI is InChI=1S/C11H11NO3S/c1-15-10-5-3-9(4-6-10)7-11(8-12)16(2,13)14/h3-7H,1-2H3. The van der Waals surface area contributed by atoms with Crippen molar-refractivity contribution < 1.29 is 13.2 Å². The topological polar surface area (TPSA) is 67.2 Å². The van der Waals surface area contributed by atoms with Gasteiger partial charge in [-0.2, -0.15) is 5.26 Å². The largest absolute Gasteiger partial charge is 0.497 e. The number of sulfone groups is 1. The number of methoxy groups -OCH3 is 1. The summed E-state index contributed by atoms with van der Waals surface area (Å²) < 4.78 is 27.3. The zero-order chi connectivity index (χ0) is 12.2. The molecule has 0 radical (unpaired) electrons. The molecule has 0 saturated heterocycles. The zero-order valence-electron chi connectivity index (χ0n) is 8.97. The van der Waals surface area contributed by atoms with Gasteiger partial charge in [0.05, 0.1) is 7.11 Å². The van der Waals surface area contributed by atoms with Crippen molar-refractivity contribution in [2.24, 2.45) is 0 Å². The number of rotatable bonds is 3. The van der Waals surface area contributed by atoms with E-state index in [2.05, 4.69) is 0 Å². The maximum Gasteiger partial charge on any atom is 0.185 e. The summed E-state index contributed by atoms with van der Waals surface area (Å²) in [5, 5.41) is 8.70. The van der Waals surface area contributed by atoms with Gasteiger partial charge in [-0.1, -0.05) is 12.1 Å². The summed E-state index contributed by atoms with van der Waals surface area (Å²) in [5.74, 6) is 0.676. The molecule has 0 aliphatic heterocycles. The average molecular weight is 237 g/mol. The lowest BCUT2D eigenvalue weighted by molar-refractivity contribution is 0.415. The number of allylic oxidation sites excluding steroid dienone is 1. The summed E-state index contributed by atoms with van der Waals surface area (Å²) in [5.41, 5.74) is 0.641. The molecule has 0 saturated carbocycles. The summed E-state index contributed by atoms with van der Waals surface area (Å²) in [6.45, 7) is 0. The zero-order valence-corrected chi connectivity index (χ0v) is 9.78. The van der Waals surface area contributed by atoms with Gasteiger partial charge >= 0.3 is 0 Å². The molecule has 0 aliphatic carbocycles. The molecule has 0 atom stereocenters. The molecule has 0 aromatic heterocycles. The van der Waals surface area contributed by atoms with E-state index in [1.165, 1.54) is 6.08 Å². The highest BCUT2D eigenvalue weighted by Gasteiger charge is 2.09. The number of benzene rings is 1. The Morgan fingerprint density at radius 2 is 1.94 bits per heavy atom. The van der Waals surface area contributed by atoms with Crippen LogP contribution in [0.15, 0.2) is 29.2 Å². The van der Waals surface area contributed by atoms with Crippen LogP contribution in [0.25, 0.3) is 6.08 Å². The van der Waals surface area contributed by atoms with E-state index in [1.54, 1.807) is 37.4 Å². The molecule has 1 rings (SSSR count). The van der Waals surface area contributed by atoms with Crippen LogP contribution in [0.3, 0.4) is 0 Å². The lowest BCUT2D eigenvalue weighted by Crippen LogP contribution is -1.98. The molecule has 0 heterocycles. The smallest absolute Gasteiger partial charge is 0.185 e. The van der Waals surface area contributed by atoms with Gasteiger partial charge in [0, 0.05) is 6.26 Å². The second kappa shape index (κ2) is 4.81. The monoisotopic (exact) mass is 237 g/mol. The van der Waals surface area contributed by atoms with Gasteiger partial charge in [0.25, 0.3) is 0 Å². The van der Waals surface area contributed by atoms with Crippen molar-refractivity contribution in [3.8, 4) is 11.8 Å². The number of nitriles is 1. The fourth-order valence-corrected chi connectivity index (χ4v) is 1.59. The van der Waals surface area contributed by atoms with Gasteiger partial charge in [-0.3, -0.25) is 0 Å². The Kier molecular flexibility index (Phi) is 3.69. The summed E-state index contributed by atoms with van der Waals surface area (Å²) in [7, 11) is -1.92. The molecule has 0 unspecified atom stereocenters. The molecular formula is C11H11NO3S. The van der Waals surface area contributed by atoms with Crippen LogP contribution in [0.5, 0.6) is 5.75 Å². The lowest BCUT2D eigenvalue weighted by Gasteiger charge is -2.00. The molecule has 0 spiro atoms. The van der Waals surface area contributed by atoms with Gasteiger partial charge in [0.1, 0.15) is 16.7 Å². The van der Waals surface area contributed by atoms with E-state index >= 15 is 0 Å². The number of hydrogen-bond donors (Lipinski definition) is 0. The van der Waals surface area contributed by atoms with Crippen LogP contribution in [-0.2, 0) is 9.84 Å². The second-order valence-corrected chi connectivity index (χ2v) is 5.15. The van der Waals surface area contributed by atoms with Crippen LogP contribution in [-0.4, -0.2) is 21.8 Å². The average Bonchev–Trinajstić information content (AvgIpc) is 2.25. The van der Waals surface area contributed by atoms with Crippen molar-refractivity contribution >= 4 is 15.9 Å². The predicted octanol–water partition coefficient (Wildman–Crippen LogP) is 1.60. The molecular weight excluding hydrogens is 226 g/mol. The highest BCUT2D eigenvalue weighted by molar-refractivity contribution is 7.95. The Morgan fingerprint density at radius 3 is 2.31 bits per heavy atom. The van der Waals surface area contributed by atoms with Gasteiger partial charge in [-0.05, 0) is 23.8 Å². The maximum atomic E-state index is 11.2. The first-order valence-corrected chi connectivity index (χ1v) is 6.32. The first kappa shape index (κ1) is 12.3. The Morgan fingerprint density at radius 1 is 1.38 bits per heavy atom.